The number of hydrogen-bond donors (Lipinski definition) is 0. The molecule has 0 bridgehead atoms. The van der Waals surface area contributed by atoms with Gasteiger partial charge in [0.25, 0.3) is 11.7 Å². The monoisotopic (exact) mass is 504 g/mol. The lowest BCUT2D eigenvalue weighted by molar-refractivity contribution is -0.129. The molecular weight excluding hydrogens is 472 g/mol. The van der Waals surface area contributed by atoms with E-state index >= 15 is 0 Å². The Morgan fingerprint density at radius 3 is 2.50 bits per heavy atom. The highest BCUT2D eigenvalue weighted by atomic mass is 32.1. The molecule has 1 aliphatic heterocycles. The molecule has 5 rings (SSSR count). The number of carbonyl (C=O) groups excluding carboxylic acids is 2. The van der Waals surface area contributed by atoms with Crippen LogP contribution in [-0.2, 0) is 11.2 Å². The summed E-state index contributed by atoms with van der Waals surface area (Å²) in [6, 6.07) is 19.6. The lowest BCUT2D eigenvalue weighted by Gasteiger charge is -2.42. The summed E-state index contributed by atoms with van der Waals surface area (Å²) >= 11 is 1.31. The summed E-state index contributed by atoms with van der Waals surface area (Å²) < 4.78 is 11.9. The van der Waals surface area contributed by atoms with Crippen molar-refractivity contribution in [1.82, 2.24) is 4.90 Å². The fourth-order valence-electron chi connectivity index (χ4n) is 5.20. The molecule has 1 saturated heterocycles. The topological polar surface area (TPSA) is 59.1 Å². The molecule has 3 aromatic rings. The van der Waals surface area contributed by atoms with E-state index in [1.54, 1.807) is 24.1 Å². The van der Waals surface area contributed by atoms with E-state index in [1.807, 2.05) is 35.7 Å². The van der Waals surface area contributed by atoms with Crippen molar-refractivity contribution < 1.29 is 19.1 Å². The highest BCUT2D eigenvalue weighted by Gasteiger charge is 2.35. The van der Waals surface area contributed by atoms with Gasteiger partial charge in [-0.15, -0.1) is 11.3 Å². The summed E-state index contributed by atoms with van der Waals surface area (Å²) in [6.45, 7) is 1.76. The molecule has 36 heavy (non-hydrogen) atoms. The summed E-state index contributed by atoms with van der Waals surface area (Å²) in [5, 5.41) is 1.83. The Morgan fingerprint density at radius 1 is 0.972 bits per heavy atom. The molecule has 1 aromatic heterocycles. The lowest BCUT2D eigenvalue weighted by atomic mass is 10.0. The predicted octanol–water partition coefficient (Wildman–Crippen LogP) is 5.22. The molecule has 1 saturated carbocycles. The molecule has 2 fully saturated rings. The molecule has 2 heterocycles. The second-order valence-corrected chi connectivity index (χ2v) is 10.4. The number of methoxy groups -OCH3 is 1. The summed E-state index contributed by atoms with van der Waals surface area (Å²) in [4.78, 5) is 30.8. The molecular formula is C29H32N2O4S. The number of carbonyl (C=O) groups is 2. The van der Waals surface area contributed by atoms with Gasteiger partial charge in [0.05, 0.1) is 24.1 Å². The van der Waals surface area contributed by atoms with Gasteiger partial charge >= 0.3 is 0 Å². The number of nitrogens with zero attached hydrogens (tertiary/aromatic N) is 2. The molecule has 1 amide bonds. The molecule has 1 unspecified atom stereocenters. The van der Waals surface area contributed by atoms with Crippen LogP contribution in [0.1, 0.15) is 40.9 Å². The Morgan fingerprint density at radius 2 is 1.78 bits per heavy atom. The molecule has 0 N–H and O–H groups in total. The molecule has 7 heteroatoms. The van der Waals surface area contributed by atoms with Gasteiger partial charge in [-0.25, -0.2) is 0 Å². The van der Waals surface area contributed by atoms with E-state index in [9.17, 15) is 9.59 Å². The van der Waals surface area contributed by atoms with Crippen molar-refractivity contribution in [1.29, 1.82) is 0 Å². The minimum Gasteiger partial charge on any atom is -0.493 e. The average Bonchev–Trinajstić information content (AvgIpc) is 3.63. The molecule has 0 radical (unpaired) electrons. The summed E-state index contributed by atoms with van der Waals surface area (Å²) in [5.74, 6) is 0.668. The summed E-state index contributed by atoms with van der Waals surface area (Å²) in [5.41, 5.74) is 2.18. The molecule has 188 valence electrons. The lowest BCUT2D eigenvalue weighted by Crippen LogP contribution is -2.57. The van der Waals surface area contributed by atoms with Gasteiger partial charge in [-0.1, -0.05) is 36.4 Å². The first-order valence-corrected chi connectivity index (χ1v) is 13.5. The first-order chi connectivity index (χ1) is 17.6. The first kappa shape index (κ1) is 24.4. The van der Waals surface area contributed by atoms with E-state index < -0.39 is 11.7 Å². The third kappa shape index (κ3) is 5.41. The van der Waals surface area contributed by atoms with Crippen LogP contribution in [0.25, 0.3) is 0 Å². The standard InChI is InChI=1S/C29H32N2O4S/c1-34-25-14-13-22(19-26(25)35-24-10-5-6-11-24)30-15-16-31(29(33)28(32)27-12-7-17-36-27)23(20-30)18-21-8-3-2-4-9-21/h2-4,7-9,12-14,17,19,23-24H,5-6,10-11,15-16,18,20H2,1H3. The maximum Gasteiger partial charge on any atom is 0.296 e. The number of ketones is 1. The second-order valence-electron chi connectivity index (χ2n) is 9.45. The Labute approximate surface area is 216 Å². The van der Waals surface area contributed by atoms with Crippen LogP contribution in [0, 0.1) is 0 Å². The number of Topliss-reactive ketones (excluding diaryl/α,β-unsaturated/α-hetero) is 1. The number of hydrogen-bond acceptors (Lipinski definition) is 6. The molecule has 2 aliphatic rings. The summed E-state index contributed by atoms with van der Waals surface area (Å²) in [7, 11) is 1.67. The number of ether oxygens (including phenoxy) is 2. The summed E-state index contributed by atoms with van der Waals surface area (Å²) in [6.07, 6.45) is 5.47. The van der Waals surface area contributed by atoms with Gasteiger partial charge in [0.1, 0.15) is 0 Å². The van der Waals surface area contributed by atoms with Gasteiger partial charge in [0.2, 0.25) is 0 Å². The van der Waals surface area contributed by atoms with Crippen molar-refractivity contribution in [3.63, 3.8) is 0 Å². The highest BCUT2D eigenvalue weighted by molar-refractivity contribution is 7.13. The van der Waals surface area contributed by atoms with Crippen molar-refractivity contribution in [2.75, 3.05) is 31.6 Å². The Bertz CT molecular complexity index is 1180. The number of piperazine rings is 1. The Hall–Kier alpha value is -3.32. The van der Waals surface area contributed by atoms with Crippen LogP contribution in [0.15, 0.2) is 66.0 Å². The van der Waals surface area contributed by atoms with Gasteiger partial charge in [0, 0.05) is 31.4 Å². The number of thiophene rings is 1. The van der Waals surface area contributed by atoms with Crippen LogP contribution in [0.2, 0.25) is 0 Å². The van der Waals surface area contributed by atoms with Gasteiger partial charge in [-0.2, -0.15) is 0 Å². The zero-order chi connectivity index (χ0) is 24.9. The van der Waals surface area contributed by atoms with Gasteiger partial charge < -0.3 is 19.3 Å². The van der Waals surface area contributed by atoms with Crippen LogP contribution in [0.4, 0.5) is 5.69 Å². The molecule has 0 spiro atoms. The zero-order valence-electron chi connectivity index (χ0n) is 20.6. The van der Waals surface area contributed by atoms with Crippen molar-refractivity contribution in [3.8, 4) is 11.5 Å². The van der Waals surface area contributed by atoms with Crippen molar-refractivity contribution in [2.24, 2.45) is 0 Å². The fourth-order valence-corrected chi connectivity index (χ4v) is 5.86. The van der Waals surface area contributed by atoms with E-state index in [-0.39, 0.29) is 12.1 Å². The van der Waals surface area contributed by atoms with Gasteiger partial charge in [0.15, 0.2) is 11.5 Å². The maximum absolute atomic E-state index is 13.3. The SMILES string of the molecule is COc1ccc(N2CCN(C(=O)C(=O)c3cccs3)C(Cc3ccccc3)C2)cc1OC1CCCC1. The van der Waals surface area contributed by atoms with Crippen LogP contribution >= 0.6 is 11.3 Å². The fraction of sp³-hybridized carbons (Fsp3) is 0.379. The third-order valence-corrected chi connectivity index (χ3v) is 7.97. The normalized spacial score (nSPS) is 18.3. The van der Waals surface area contributed by atoms with Gasteiger partial charge in [-0.05, 0) is 61.2 Å². The number of amides is 1. The molecule has 1 atom stereocenters. The van der Waals surface area contributed by atoms with Crippen LogP contribution in [0.3, 0.4) is 0 Å². The number of anilines is 1. The van der Waals surface area contributed by atoms with Crippen molar-refractivity contribution in [2.45, 2.75) is 44.2 Å². The van der Waals surface area contributed by atoms with Crippen molar-refractivity contribution >= 4 is 28.7 Å². The van der Waals surface area contributed by atoms with Crippen LogP contribution in [0.5, 0.6) is 11.5 Å². The number of rotatable bonds is 8. The maximum atomic E-state index is 13.3. The number of benzene rings is 2. The van der Waals surface area contributed by atoms with Crippen LogP contribution in [-0.4, -0.2) is 55.5 Å². The smallest absolute Gasteiger partial charge is 0.296 e. The van der Waals surface area contributed by atoms with Crippen LogP contribution < -0.4 is 14.4 Å². The highest BCUT2D eigenvalue weighted by Crippen LogP contribution is 2.36. The molecule has 1 aliphatic carbocycles. The Balaban J connectivity index is 1.38. The molecule has 2 aromatic carbocycles. The van der Waals surface area contributed by atoms with E-state index in [0.29, 0.717) is 30.9 Å². The quantitative estimate of drug-likeness (QED) is 0.311. The first-order valence-electron chi connectivity index (χ1n) is 12.6. The molecule has 6 nitrogen and oxygen atoms in total. The Kier molecular flexibility index (Phi) is 7.56. The van der Waals surface area contributed by atoms with E-state index in [4.69, 9.17) is 9.47 Å². The second kappa shape index (κ2) is 11.2. The average molecular weight is 505 g/mol. The van der Waals surface area contributed by atoms with Crippen molar-refractivity contribution in [3.05, 3.63) is 76.5 Å². The largest absolute Gasteiger partial charge is 0.493 e. The van der Waals surface area contributed by atoms with Gasteiger partial charge in [-0.3, -0.25) is 9.59 Å². The van der Waals surface area contributed by atoms with E-state index in [0.717, 1.165) is 35.6 Å². The minimum absolute atomic E-state index is 0.126. The zero-order valence-corrected chi connectivity index (χ0v) is 21.4. The predicted molar refractivity (Wildman–Crippen MR) is 142 cm³/mol. The van der Waals surface area contributed by atoms with E-state index in [1.165, 1.54) is 24.2 Å². The minimum atomic E-state index is -0.423. The van der Waals surface area contributed by atoms with E-state index in [2.05, 4.69) is 23.1 Å². The third-order valence-electron chi connectivity index (χ3n) is 7.11.